The zero-order chi connectivity index (χ0) is 17.9. The van der Waals surface area contributed by atoms with E-state index in [1.165, 1.54) is 12.3 Å². The fourth-order valence-corrected chi connectivity index (χ4v) is 2.63. The van der Waals surface area contributed by atoms with Gasteiger partial charge in [0.2, 0.25) is 0 Å². The Morgan fingerprint density at radius 2 is 1.96 bits per heavy atom. The Morgan fingerprint density at radius 3 is 2.48 bits per heavy atom. The zero-order valence-electron chi connectivity index (χ0n) is 14.1. The highest BCUT2D eigenvalue weighted by molar-refractivity contribution is 5.56. The van der Waals surface area contributed by atoms with Gasteiger partial charge < -0.3 is 10.3 Å². The van der Waals surface area contributed by atoms with Crippen molar-refractivity contribution in [1.82, 2.24) is 15.0 Å². The predicted octanol–water partition coefficient (Wildman–Crippen LogP) is 4.12. The van der Waals surface area contributed by atoms with Gasteiger partial charge in [-0.1, -0.05) is 31.2 Å². The van der Waals surface area contributed by atoms with Crippen LogP contribution >= 0.6 is 0 Å². The number of nitrogens with one attached hydrogen (secondary N) is 2. The van der Waals surface area contributed by atoms with Crippen LogP contribution in [0.4, 0.5) is 11.5 Å². The van der Waals surface area contributed by atoms with Gasteiger partial charge in [-0.15, -0.1) is 0 Å². The maximum absolute atomic E-state index is 10.7. The smallest absolute Gasteiger partial charge is 0.287 e. The molecule has 0 aliphatic carbocycles. The maximum Gasteiger partial charge on any atom is 0.287 e. The number of pyridine rings is 1. The van der Waals surface area contributed by atoms with E-state index >= 15 is 0 Å². The highest BCUT2D eigenvalue weighted by atomic mass is 16.6. The van der Waals surface area contributed by atoms with Gasteiger partial charge in [0.15, 0.2) is 0 Å². The van der Waals surface area contributed by atoms with Gasteiger partial charge in [-0.2, -0.15) is 0 Å². The summed E-state index contributed by atoms with van der Waals surface area (Å²) in [5.41, 5.74) is 1.75. The second kappa shape index (κ2) is 6.72. The van der Waals surface area contributed by atoms with E-state index in [4.69, 9.17) is 0 Å². The molecule has 1 unspecified atom stereocenters. The molecule has 3 aromatic rings. The highest BCUT2D eigenvalue weighted by Crippen LogP contribution is 2.30. The van der Waals surface area contributed by atoms with Crippen molar-refractivity contribution in [3.8, 4) is 11.4 Å². The lowest BCUT2D eigenvalue weighted by Gasteiger charge is -2.31. The first-order chi connectivity index (χ1) is 12.0. The third-order valence-corrected chi connectivity index (χ3v) is 4.36. The molecule has 7 nitrogen and oxygen atoms in total. The molecule has 2 aromatic heterocycles. The van der Waals surface area contributed by atoms with Gasteiger partial charge in [-0.25, -0.2) is 9.97 Å². The molecule has 1 atom stereocenters. The van der Waals surface area contributed by atoms with Crippen LogP contribution in [0.5, 0.6) is 0 Å². The Morgan fingerprint density at radius 1 is 1.20 bits per heavy atom. The predicted molar refractivity (Wildman–Crippen MR) is 96.2 cm³/mol. The van der Waals surface area contributed by atoms with E-state index in [2.05, 4.69) is 46.2 Å². The normalized spacial score (nSPS) is 13.2. The molecule has 0 fully saturated rings. The van der Waals surface area contributed by atoms with Crippen LogP contribution in [0, 0.1) is 10.1 Å². The first-order valence-corrected chi connectivity index (χ1v) is 8.01. The number of hydrogen-bond donors (Lipinski definition) is 2. The van der Waals surface area contributed by atoms with Crippen LogP contribution in [0.1, 0.15) is 25.8 Å². The molecule has 0 radical (unpaired) electrons. The molecule has 0 saturated heterocycles. The van der Waals surface area contributed by atoms with Gasteiger partial charge in [0.1, 0.15) is 17.8 Å². The molecule has 0 saturated carbocycles. The highest BCUT2D eigenvalue weighted by Gasteiger charge is 2.25. The van der Waals surface area contributed by atoms with E-state index in [0.29, 0.717) is 5.82 Å². The standard InChI is InChI=1S/C18H19N5O2/c1-3-18(2,22-16-9-8-15(12-21-16)23(24)25)14-6-4-13(5-7-14)17-19-10-11-20-17/h4-12H,3H2,1-2H3,(H,19,20)(H,21,22). The molecule has 128 valence electrons. The van der Waals surface area contributed by atoms with E-state index in [-0.39, 0.29) is 11.2 Å². The summed E-state index contributed by atoms with van der Waals surface area (Å²) < 4.78 is 0. The summed E-state index contributed by atoms with van der Waals surface area (Å²) in [6, 6.07) is 11.2. The molecule has 0 aliphatic heterocycles. The molecule has 7 heteroatoms. The van der Waals surface area contributed by atoms with Gasteiger partial charge in [-0.3, -0.25) is 10.1 Å². The van der Waals surface area contributed by atoms with Gasteiger partial charge in [-0.05, 0) is 25.0 Å². The van der Waals surface area contributed by atoms with Crippen molar-refractivity contribution in [2.75, 3.05) is 5.32 Å². The van der Waals surface area contributed by atoms with Crippen LogP contribution < -0.4 is 5.32 Å². The number of anilines is 1. The first-order valence-electron chi connectivity index (χ1n) is 8.01. The van der Waals surface area contributed by atoms with Crippen LogP contribution in [-0.2, 0) is 5.54 Å². The van der Waals surface area contributed by atoms with Gasteiger partial charge >= 0.3 is 0 Å². The summed E-state index contributed by atoms with van der Waals surface area (Å²) in [4.78, 5) is 21.8. The summed E-state index contributed by atoms with van der Waals surface area (Å²) >= 11 is 0. The minimum absolute atomic E-state index is 0.0217. The van der Waals surface area contributed by atoms with Crippen molar-refractivity contribution in [2.45, 2.75) is 25.8 Å². The number of rotatable bonds is 6. The zero-order valence-corrected chi connectivity index (χ0v) is 14.1. The van der Waals surface area contributed by atoms with Gasteiger partial charge in [0, 0.05) is 24.0 Å². The van der Waals surface area contributed by atoms with Crippen molar-refractivity contribution in [3.05, 3.63) is 70.7 Å². The van der Waals surface area contributed by atoms with Crippen LogP contribution in [-0.4, -0.2) is 19.9 Å². The van der Waals surface area contributed by atoms with Crippen molar-refractivity contribution in [3.63, 3.8) is 0 Å². The molecular weight excluding hydrogens is 318 g/mol. The summed E-state index contributed by atoms with van der Waals surface area (Å²) in [5.74, 6) is 1.43. The number of imidazole rings is 1. The molecule has 0 bridgehead atoms. The van der Waals surface area contributed by atoms with Crippen LogP contribution in [0.25, 0.3) is 11.4 Å². The van der Waals surface area contributed by atoms with Crippen LogP contribution in [0.3, 0.4) is 0 Å². The number of hydrogen-bond acceptors (Lipinski definition) is 5. The molecule has 0 amide bonds. The lowest BCUT2D eigenvalue weighted by Crippen LogP contribution is -2.31. The Hall–Kier alpha value is -3.22. The van der Waals surface area contributed by atoms with E-state index in [9.17, 15) is 10.1 Å². The molecular formula is C18H19N5O2. The third-order valence-electron chi connectivity index (χ3n) is 4.36. The average molecular weight is 337 g/mol. The largest absolute Gasteiger partial charge is 0.361 e. The topological polar surface area (TPSA) is 96.7 Å². The molecule has 25 heavy (non-hydrogen) atoms. The SMILES string of the molecule is CCC(C)(Nc1ccc([N+](=O)[O-])cn1)c1ccc(-c2ncc[nH]2)cc1. The molecule has 0 aliphatic rings. The lowest BCUT2D eigenvalue weighted by atomic mass is 9.88. The Balaban J connectivity index is 1.83. The minimum atomic E-state index is -0.455. The number of nitrogens with zero attached hydrogens (tertiary/aromatic N) is 3. The molecule has 2 N–H and O–H groups in total. The molecule has 3 rings (SSSR count). The minimum Gasteiger partial charge on any atom is -0.361 e. The van der Waals surface area contributed by atoms with E-state index in [0.717, 1.165) is 23.4 Å². The number of benzene rings is 1. The Kier molecular flexibility index (Phi) is 4.47. The number of H-pyrrole nitrogens is 1. The second-order valence-corrected chi connectivity index (χ2v) is 5.98. The third kappa shape index (κ3) is 3.50. The summed E-state index contributed by atoms with van der Waals surface area (Å²) in [6.45, 7) is 4.16. The Bertz CT molecular complexity index is 844. The lowest BCUT2D eigenvalue weighted by molar-refractivity contribution is -0.385. The molecule has 0 spiro atoms. The summed E-state index contributed by atoms with van der Waals surface area (Å²) in [5, 5.41) is 14.1. The second-order valence-electron chi connectivity index (χ2n) is 5.98. The van der Waals surface area contributed by atoms with E-state index in [1.807, 2.05) is 12.1 Å². The molecule has 1 aromatic carbocycles. The summed E-state index contributed by atoms with van der Waals surface area (Å²) in [7, 11) is 0. The maximum atomic E-state index is 10.7. The van der Waals surface area contributed by atoms with Gasteiger partial charge in [0.05, 0.1) is 10.5 Å². The van der Waals surface area contributed by atoms with Crippen molar-refractivity contribution in [1.29, 1.82) is 0 Å². The van der Waals surface area contributed by atoms with Crippen molar-refractivity contribution < 1.29 is 4.92 Å². The quantitative estimate of drug-likeness (QED) is 0.521. The van der Waals surface area contributed by atoms with Crippen LogP contribution in [0.15, 0.2) is 55.0 Å². The average Bonchev–Trinajstić information content (AvgIpc) is 3.17. The van der Waals surface area contributed by atoms with E-state index in [1.54, 1.807) is 18.5 Å². The summed E-state index contributed by atoms with van der Waals surface area (Å²) in [6.07, 6.45) is 5.60. The number of nitro groups is 1. The monoisotopic (exact) mass is 337 g/mol. The number of aromatic nitrogens is 3. The fraction of sp³-hybridized carbons (Fsp3) is 0.222. The van der Waals surface area contributed by atoms with Crippen molar-refractivity contribution in [2.24, 2.45) is 0 Å². The number of aromatic amines is 1. The van der Waals surface area contributed by atoms with Crippen molar-refractivity contribution >= 4 is 11.5 Å². The fourth-order valence-electron chi connectivity index (χ4n) is 2.63. The van der Waals surface area contributed by atoms with Gasteiger partial charge in [0.25, 0.3) is 5.69 Å². The first kappa shape index (κ1) is 16.6. The van der Waals surface area contributed by atoms with Crippen LogP contribution in [0.2, 0.25) is 0 Å². The molecule has 2 heterocycles. The van der Waals surface area contributed by atoms with E-state index < -0.39 is 4.92 Å². The Labute approximate surface area is 145 Å².